The van der Waals surface area contributed by atoms with Gasteiger partial charge in [-0.15, -0.1) is 0 Å². The second-order valence-corrected chi connectivity index (χ2v) is 6.87. The molecule has 1 amide bonds. The van der Waals surface area contributed by atoms with E-state index in [1.807, 2.05) is 0 Å². The van der Waals surface area contributed by atoms with Crippen molar-refractivity contribution in [3.05, 3.63) is 65.4 Å². The van der Waals surface area contributed by atoms with E-state index in [4.69, 9.17) is 9.47 Å². The van der Waals surface area contributed by atoms with E-state index in [2.05, 4.69) is 10.2 Å². The number of benzene rings is 2. The highest BCUT2D eigenvalue weighted by molar-refractivity contribution is 5.99. The molecule has 0 aliphatic carbocycles. The number of nitrogens with one attached hydrogen (secondary N) is 1. The third kappa shape index (κ3) is 3.96. The summed E-state index contributed by atoms with van der Waals surface area (Å²) in [6.07, 6.45) is -2.96. The lowest BCUT2D eigenvalue weighted by Gasteiger charge is -2.20. The van der Waals surface area contributed by atoms with Crippen molar-refractivity contribution in [2.45, 2.75) is 12.7 Å². The summed E-state index contributed by atoms with van der Waals surface area (Å²) in [4.78, 5) is 14.4. The Balaban J connectivity index is 1.52. The van der Waals surface area contributed by atoms with Gasteiger partial charge in [0.05, 0.1) is 23.0 Å². The summed E-state index contributed by atoms with van der Waals surface area (Å²) in [5, 5.41) is 6.82. The number of halogens is 3. The van der Waals surface area contributed by atoms with Gasteiger partial charge in [-0.3, -0.25) is 9.89 Å². The Kier molecular flexibility index (Phi) is 5.11. The van der Waals surface area contributed by atoms with Crippen LogP contribution in [0.3, 0.4) is 0 Å². The minimum atomic E-state index is -4.39. The first-order valence-corrected chi connectivity index (χ1v) is 9.18. The summed E-state index contributed by atoms with van der Waals surface area (Å²) < 4.78 is 49.2. The van der Waals surface area contributed by atoms with Crippen LogP contribution in [0.5, 0.6) is 11.5 Å². The monoisotopic (exact) mass is 417 g/mol. The Labute approximate surface area is 170 Å². The first-order valence-electron chi connectivity index (χ1n) is 9.18. The van der Waals surface area contributed by atoms with Gasteiger partial charge in [0.15, 0.2) is 11.5 Å². The Bertz CT molecular complexity index is 1060. The van der Waals surface area contributed by atoms with Gasteiger partial charge in [0, 0.05) is 19.2 Å². The van der Waals surface area contributed by atoms with Crippen LogP contribution < -0.4 is 9.47 Å². The van der Waals surface area contributed by atoms with Crippen molar-refractivity contribution < 1.29 is 27.4 Å². The molecule has 2 heterocycles. The number of amides is 1. The van der Waals surface area contributed by atoms with Gasteiger partial charge in [-0.25, -0.2) is 0 Å². The molecule has 3 aromatic rings. The minimum absolute atomic E-state index is 0.155. The van der Waals surface area contributed by atoms with Crippen LogP contribution in [0, 0.1) is 0 Å². The van der Waals surface area contributed by atoms with Gasteiger partial charge in [-0.2, -0.15) is 18.3 Å². The molecule has 1 aromatic heterocycles. The highest BCUT2D eigenvalue weighted by atomic mass is 19.4. The second kappa shape index (κ2) is 7.74. The fourth-order valence-corrected chi connectivity index (χ4v) is 3.22. The van der Waals surface area contributed by atoms with E-state index in [1.165, 1.54) is 23.2 Å². The van der Waals surface area contributed by atoms with Crippen molar-refractivity contribution in [2.24, 2.45) is 0 Å². The lowest BCUT2D eigenvalue weighted by Crippen LogP contribution is -2.26. The number of ether oxygens (including phenoxy) is 2. The molecule has 0 saturated heterocycles. The van der Waals surface area contributed by atoms with Crippen LogP contribution in [-0.2, 0) is 12.7 Å². The fraction of sp³-hybridized carbons (Fsp3) is 0.238. The topological polar surface area (TPSA) is 67.5 Å². The van der Waals surface area contributed by atoms with Crippen molar-refractivity contribution in [1.29, 1.82) is 0 Å². The normalized spacial score (nSPS) is 13.2. The molecular formula is C21H18F3N3O3. The highest BCUT2D eigenvalue weighted by Crippen LogP contribution is 2.35. The molecule has 0 saturated carbocycles. The van der Waals surface area contributed by atoms with Gasteiger partial charge < -0.3 is 14.4 Å². The van der Waals surface area contributed by atoms with Crippen molar-refractivity contribution in [3.8, 4) is 22.8 Å². The lowest BCUT2D eigenvalue weighted by atomic mass is 10.1. The minimum Gasteiger partial charge on any atom is -0.486 e. The van der Waals surface area contributed by atoms with Crippen molar-refractivity contribution >= 4 is 5.91 Å². The molecule has 0 bridgehead atoms. The summed E-state index contributed by atoms with van der Waals surface area (Å²) in [7, 11) is 1.58. The Morgan fingerprint density at radius 2 is 1.80 bits per heavy atom. The van der Waals surface area contributed by atoms with Crippen LogP contribution in [0.4, 0.5) is 13.2 Å². The van der Waals surface area contributed by atoms with E-state index in [1.54, 1.807) is 25.2 Å². The van der Waals surface area contributed by atoms with Crippen LogP contribution >= 0.6 is 0 Å². The molecule has 6 nitrogen and oxygen atoms in total. The van der Waals surface area contributed by atoms with E-state index in [9.17, 15) is 18.0 Å². The molecule has 0 unspecified atom stereocenters. The number of hydrogen-bond acceptors (Lipinski definition) is 4. The maximum absolute atomic E-state index is 12.9. The first-order chi connectivity index (χ1) is 14.3. The summed E-state index contributed by atoms with van der Waals surface area (Å²) >= 11 is 0. The average molecular weight is 417 g/mol. The van der Waals surface area contributed by atoms with E-state index in [0.717, 1.165) is 12.1 Å². The number of carbonyl (C=O) groups excluding carboxylic acids is 1. The van der Waals surface area contributed by atoms with Crippen LogP contribution in [0.15, 0.2) is 48.7 Å². The van der Waals surface area contributed by atoms with Gasteiger partial charge in [-0.05, 0) is 35.9 Å². The maximum Gasteiger partial charge on any atom is 0.416 e. The van der Waals surface area contributed by atoms with E-state index in [0.29, 0.717) is 47.1 Å². The number of alkyl halides is 3. The third-order valence-electron chi connectivity index (χ3n) is 4.75. The molecular weight excluding hydrogens is 399 g/mol. The highest BCUT2D eigenvalue weighted by Gasteiger charge is 2.30. The standard InChI is InChI=1S/C21H18F3N3O3/c1-27(12-13-2-5-15(6-3-13)21(22,23)24)20(28)16-11-25-26-19(16)14-4-7-17-18(10-14)30-9-8-29-17/h2-7,10-11H,8-9,12H2,1H3,(H,25,26). The zero-order valence-corrected chi connectivity index (χ0v) is 16.0. The largest absolute Gasteiger partial charge is 0.486 e. The second-order valence-electron chi connectivity index (χ2n) is 6.87. The van der Waals surface area contributed by atoms with Crippen molar-refractivity contribution in [3.63, 3.8) is 0 Å². The average Bonchev–Trinajstić information content (AvgIpc) is 3.22. The summed E-state index contributed by atoms with van der Waals surface area (Å²) in [5.74, 6) is 0.912. The van der Waals surface area contributed by atoms with Gasteiger partial charge in [-0.1, -0.05) is 12.1 Å². The molecule has 1 aliphatic heterocycles. The molecule has 4 rings (SSSR count). The van der Waals surface area contributed by atoms with Crippen LogP contribution in [-0.4, -0.2) is 41.3 Å². The molecule has 0 spiro atoms. The van der Waals surface area contributed by atoms with Crippen LogP contribution in [0.1, 0.15) is 21.5 Å². The lowest BCUT2D eigenvalue weighted by molar-refractivity contribution is -0.137. The third-order valence-corrected chi connectivity index (χ3v) is 4.75. The zero-order chi connectivity index (χ0) is 21.3. The number of carbonyl (C=O) groups is 1. The van der Waals surface area contributed by atoms with Crippen LogP contribution in [0.25, 0.3) is 11.3 Å². The molecule has 1 aliphatic rings. The number of nitrogens with zero attached hydrogens (tertiary/aromatic N) is 2. The number of aromatic nitrogens is 2. The van der Waals surface area contributed by atoms with Gasteiger partial charge in [0.2, 0.25) is 0 Å². The smallest absolute Gasteiger partial charge is 0.416 e. The molecule has 9 heteroatoms. The predicted octanol–water partition coefficient (Wildman–Crippen LogP) is 4.14. The number of H-pyrrole nitrogens is 1. The van der Waals surface area contributed by atoms with Gasteiger partial charge >= 0.3 is 6.18 Å². The summed E-state index contributed by atoms with van der Waals surface area (Å²) in [6.45, 7) is 1.08. The Hall–Kier alpha value is -3.49. The number of hydrogen-bond donors (Lipinski definition) is 1. The van der Waals surface area contributed by atoms with Crippen LogP contribution in [0.2, 0.25) is 0 Å². The maximum atomic E-state index is 12.9. The molecule has 2 aromatic carbocycles. The van der Waals surface area contributed by atoms with E-state index >= 15 is 0 Å². The summed E-state index contributed by atoms with van der Waals surface area (Å²) in [6, 6.07) is 10.1. The summed E-state index contributed by atoms with van der Waals surface area (Å²) in [5.41, 5.74) is 1.44. The van der Waals surface area contributed by atoms with Crippen molar-refractivity contribution in [1.82, 2.24) is 15.1 Å². The molecule has 1 N–H and O–H groups in total. The molecule has 0 fully saturated rings. The first kappa shape index (κ1) is 19.8. The van der Waals surface area contributed by atoms with Crippen molar-refractivity contribution in [2.75, 3.05) is 20.3 Å². The van der Waals surface area contributed by atoms with Gasteiger partial charge in [0.25, 0.3) is 5.91 Å². The molecule has 0 atom stereocenters. The Morgan fingerprint density at radius 3 is 2.50 bits per heavy atom. The molecule has 30 heavy (non-hydrogen) atoms. The zero-order valence-electron chi connectivity index (χ0n) is 16.0. The predicted molar refractivity (Wildman–Crippen MR) is 102 cm³/mol. The van der Waals surface area contributed by atoms with E-state index < -0.39 is 11.7 Å². The molecule has 156 valence electrons. The fourth-order valence-electron chi connectivity index (χ4n) is 3.22. The SMILES string of the molecule is CN(Cc1ccc(C(F)(F)F)cc1)C(=O)c1cn[nH]c1-c1ccc2c(c1)OCCO2. The number of aromatic amines is 1. The number of rotatable bonds is 4. The van der Waals surface area contributed by atoms with E-state index in [-0.39, 0.29) is 12.5 Å². The number of fused-ring (bicyclic) bond motifs is 1. The quantitative estimate of drug-likeness (QED) is 0.693. The Morgan fingerprint density at radius 1 is 1.10 bits per heavy atom. The molecule has 0 radical (unpaired) electrons. The van der Waals surface area contributed by atoms with Gasteiger partial charge in [0.1, 0.15) is 13.2 Å².